The Hall–Kier alpha value is -3.92. The summed E-state index contributed by atoms with van der Waals surface area (Å²) in [6.07, 6.45) is 1.22. The summed E-state index contributed by atoms with van der Waals surface area (Å²) in [6.45, 7) is 5.82. The van der Waals surface area contributed by atoms with E-state index in [4.69, 9.17) is 4.74 Å². The van der Waals surface area contributed by atoms with E-state index in [-0.39, 0.29) is 30.5 Å². The zero-order valence-corrected chi connectivity index (χ0v) is 24.7. The minimum atomic E-state index is -3.94. The number of sulfonamides is 1. The standard InChI is InChI=1S/C31H38FN3O5S/c1-5-40-29-14-10-9-13-27(29)35(41(4,38)39)22-30(36)34(21-25-15-17-26(32)18-16-25)28(31(37)33-20-23(2)3)19-24-11-7-6-8-12-24/h6-18,23,28H,5,19-22H2,1-4H3,(H,33,37)/t28-/m1/s1. The quantitative estimate of drug-likeness (QED) is 0.304. The molecule has 220 valence electrons. The van der Waals surface area contributed by atoms with Gasteiger partial charge in [-0.15, -0.1) is 0 Å². The molecule has 3 rings (SSSR count). The molecule has 0 bridgehead atoms. The second-order valence-electron chi connectivity index (χ2n) is 10.2. The minimum absolute atomic E-state index is 0.0313. The van der Waals surface area contributed by atoms with Crippen molar-refractivity contribution in [1.82, 2.24) is 10.2 Å². The molecule has 0 aliphatic carbocycles. The van der Waals surface area contributed by atoms with Crippen molar-refractivity contribution < 1.29 is 27.1 Å². The summed E-state index contributed by atoms with van der Waals surface area (Å²) in [5.74, 6) is -0.898. The van der Waals surface area contributed by atoms with E-state index in [2.05, 4.69) is 5.32 Å². The number of amides is 2. The molecule has 2 amide bonds. The van der Waals surface area contributed by atoms with E-state index < -0.39 is 34.3 Å². The van der Waals surface area contributed by atoms with Crippen LogP contribution >= 0.6 is 0 Å². The van der Waals surface area contributed by atoms with Crippen molar-refractivity contribution in [3.8, 4) is 5.75 Å². The van der Waals surface area contributed by atoms with Crippen LogP contribution in [-0.4, -0.2) is 57.1 Å². The van der Waals surface area contributed by atoms with Gasteiger partial charge in [0.1, 0.15) is 24.2 Å². The average Bonchev–Trinajstić information content (AvgIpc) is 2.93. The highest BCUT2D eigenvalue weighted by Gasteiger charge is 2.33. The van der Waals surface area contributed by atoms with Gasteiger partial charge in [0.05, 0.1) is 18.6 Å². The van der Waals surface area contributed by atoms with Crippen molar-refractivity contribution in [2.45, 2.75) is 39.8 Å². The van der Waals surface area contributed by atoms with Gasteiger partial charge in [0, 0.05) is 19.5 Å². The Labute approximate surface area is 242 Å². The molecular formula is C31H38FN3O5S. The maximum Gasteiger partial charge on any atom is 0.244 e. The van der Waals surface area contributed by atoms with Crippen molar-refractivity contribution in [3.63, 3.8) is 0 Å². The summed E-state index contributed by atoms with van der Waals surface area (Å²) in [6, 6.07) is 20.6. The molecule has 3 aromatic rings. The lowest BCUT2D eigenvalue weighted by Gasteiger charge is -2.34. The molecule has 0 aliphatic rings. The predicted molar refractivity (Wildman–Crippen MR) is 159 cm³/mol. The summed E-state index contributed by atoms with van der Waals surface area (Å²) in [4.78, 5) is 29.1. The Morgan fingerprint density at radius 1 is 0.927 bits per heavy atom. The number of ether oxygens (including phenoxy) is 1. The number of anilines is 1. The third-order valence-corrected chi connectivity index (χ3v) is 7.46. The normalized spacial score (nSPS) is 12.0. The number of carbonyl (C=O) groups is 2. The fourth-order valence-electron chi connectivity index (χ4n) is 4.30. The number of halogens is 1. The lowest BCUT2D eigenvalue weighted by molar-refractivity contribution is -0.140. The van der Waals surface area contributed by atoms with Crippen molar-refractivity contribution in [1.29, 1.82) is 0 Å². The van der Waals surface area contributed by atoms with E-state index in [1.807, 2.05) is 44.2 Å². The molecule has 0 spiro atoms. The first-order valence-corrected chi connectivity index (χ1v) is 15.4. The number of rotatable bonds is 14. The van der Waals surface area contributed by atoms with Gasteiger partial charge in [0.15, 0.2) is 0 Å². The van der Waals surface area contributed by atoms with Crippen LogP contribution in [0.5, 0.6) is 5.75 Å². The van der Waals surface area contributed by atoms with Gasteiger partial charge in [-0.3, -0.25) is 13.9 Å². The fourth-order valence-corrected chi connectivity index (χ4v) is 5.15. The third-order valence-electron chi connectivity index (χ3n) is 6.33. The van der Waals surface area contributed by atoms with Crippen molar-refractivity contribution in [2.75, 3.05) is 30.3 Å². The Balaban J connectivity index is 2.06. The van der Waals surface area contributed by atoms with E-state index in [9.17, 15) is 22.4 Å². The molecule has 0 saturated heterocycles. The van der Waals surface area contributed by atoms with Crippen LogP contribution in [0.15, 0.2) is 78.9 Å². The molecule has 0 unspecified atom stereocenters. The lowest BCUT2D eigenvalue weighted by atomic mass is 10.0. The summed E-state index contributed by atoms with van der Waals surface area (Å²) >= 11 is 0. The fraction of sp³-hybridized carbons (Fsp3) is 0.355. The topological polar surface area (TPSA) is 96.0 Å². The van der Waals surface area contributed by atoms with Gasteiger partial charge >= 0.3 is 0 Å². The van der Waals surface area contributed by atoms with Crippen LogP contribution in [0.4, 0.5) is 10.1 Å². The van der Waals surface area contributed by atoms with E-state index in [0.29, 0.717) is 24.5 Å². The molecule has 0 radical (unpaired) electrons. The molecular weight excluding hydrogens is 545 g/mol. The first-order valence-electron chi connectivity index (χ1n) is 13.5. The van der Waals surface area contributed by atoms with Crippen LogP contribution < -0.4 is 14.4 Å². The molecule has 1 N–H and O–H groups in total. The number of benzene rings is 3. The van der Waals surface area contributed by atoms with Gasteiger partial charge in [0.25, 0.3) is 0 Å². The van der Waals surface area contributed by atoms with Gasteiger partial charge in [-0.1, -0.05) is 68.4 Å². The van der Waals surface area contributed by atoms with Crippen LogP contribution in [0.2, 0.25) is 0 Å². The van der Waals surface area contributed by atoms with Crippen LogP contribution in [0.3, 0.4) is 0 Å². The summed E-state index contributed by atoms with van der Waals surface area (Å²) in [5.41, 5.74) is 1.64. The van der Waals surface area contributed by atoms with E-state index in [1.165, 1.54) is 17.0 Å². The molecule has 0 fully saturated rings. The Morgan fingerprint density at radius 2 is 1.56 bits per heavy atom. The molecule has 1 atom stereocenters. The first-order chi connectivity index (χ1) is 19.5. The van der Waals surface area contributed by atoms with E-state index in [1.54, 1.807) is 43.3 Å². The Bertz CT molecular complexity index is 1400. The largest absolute Gasteiger partial charge is 0.492 e. The van der Waals surface area contributed by atoms with Crippen LogP contribution in [-0.2, 0) is 32.6 Å². The molecule has 8 nitrogen and oxygen atoms in total. The number of para-hydroxylation sites is 2. The molecule has 10 heteroatoms. The molecule has 0 aromatic heterocycles. The van der Waals surface area contributed by atoms with Gasteiger partial charge in [0.2, 0.25) is 21.8 Å². The van der Waals surface area contributed by atoms with E-state index in [0.717, 1.165) is 16.1 Å². The second kappa shape index (κ2) is 14.6. The van der Waals surface area contributed by atoms with E-state index >= 15 is 0 Å². The molecule has 3 aromatic carbocycles. The second-order valence-corrected chi connectivity index (χ2v) is 12.1. The number of hydrogen-bond donors (Lipinski definition) is 1. The highest BCUT2D eigenvalue weighted by atomic mass is 32.2. The highest BCUT2D eigenvalue weighted by Crippen LogP contribution is 2.30. The zero-order chi connectivity index (χ0) is 30.0. The number of carbonyl (C=O) groups excluding carboxylic acids is 2. The summed E-state index contributed by atoms with van der Waals surface area (Å²) in [5, 5.41) is 2.93. The average molecular weight is 584 g/mol. The first kappa shape index (κ1) is 31.6. The monoisotopic (exact) mass is 583 g/mol. The van der Waals surface area contributed by atoms with Crippen molar-refractivity contribution in [3.05, 3.63) is 95.8 Å². The van der Waals surface area contributed by atoms with Crippen molar-refractivity contribution in [2.24, 2.45) is 5.92 Å². The Kier molecular flexibility index (Phi) is 11.3. The smallest absolute Gasteiger partial charge is 0.244 e. The SMILES string of the molecule is CCOc1ccccc1N(CC(=O)N(Cc1ccc(F)cc1)[C@H](Cc1ccccc1)C(=O)NCC(C)C)S(C)(=O)=O. The maximum atomic E-state index is 14.1. The zero-order valence-electron chi connectivity index (χ0n) is 23.9. The van der Waals surface area contributed by atoms with Gasteiger partial charge in [-0.05, 0) is 48.2 Å². The highest BCUT2D eigenvalue weighted by molar-refractivity contribution is 7.92. The minimum Gasteiger partial charge on any atom is -0.492 e. The van der Waals surface area contributed by atoms with Gasteiger partial charge < -0.3 is 15.0 Å². The van der Waals surface area contributed by atoms with Gasteiger partial charge in [-0.25, -0.2) is 12.8 Å². The molecule has 0 saturated carbocycles. The molecule has 0 aliphatic heterocycles. The van der Waals surface area contributed by atoms with Crippen LogP contribution in [0.1, 0.15) is 31.9 Å². The number of nitrogens with one attached hydrogen (secondary N) is 1. The third kappa shape index (κ3) is 9.31. The summed E-state index contributed by atoms with van der Waals surface area (Å²) < 4.78 is 46.3. The Morgan fingerprint density at radius 3 is 2.17 bits per heavy atom. The van der Waals surface area contributed by atoms with Gasteiger partial charge in [-0.2, -0.15) is 0 Å². The van der Waals surface area contributed by atoms with Crippen LogP contribution in [0.25, 0.3) is 0 Å². The number of nitrogens with zero attached hydrogens (tertiary/aromatic N) is 2. The van der Waals surface area contributed by atoms with Crippen molar-refractivity contribution >= 4 is 27.5 Å². The number of hydrogen-bond acceptors (Lipinski definition) is 5. The lowest BCUT2D eigenvalue weighted by Crippen LogP contribution is -2.53. The maximum absolute atomic E-state index is 14.1. The summed E-state index contributed by atoms with van der Waals surface area (Å²) in [7, 11) is -3.94. The van der Waals surface area contributed by atoms with Crippen LogP contribution in [0, 0.1) is 11.7 Å². The molecule has 41 heavy (non-hydrogen) atoms. The predicted octanol–water partition coefficient (Wildman–Crippen LogP) is 4.40. The molecule has 0 heterocycles.